The Kier molecular flexibility index (Phi) is 3.13. The number of anilines is 1. The van der Waals surface area contributed by atoms with Crippen molar-refractivity contribution in [1.29, 1.82) is 0 Å². The van der Waals surface area contributed by atoms with E-state index in [1.807, 2.05) is 0 Å². The highest BCUT2D eigenvalue weighted by atomic mass is 32.2. The molecule has 0 atom stereocenters. The summed E-state index contributed by atoms with van der Waals surface area (Å²) in [5, 5.41) is 0.762. The normalized spacial score (nSPS) is 9.91. The molecule has 0 fully saturated rings. The first-order chi connectivity index (χ1) is 5.34. The first-order valence-electron chi connectivity index (χ1n) is 3.24. The molecule has 0 bridgehead atoms. The van der Waals surface area contributed by atoms with Crippen LogP contribution in [0, 0.1) is 0 Å². The maximum absolute atomic E-state index is 5.53. The highest BCUT2D eigenvalue weighted by Gasteiger charge is 1.98. The summed E-state index contributed by atoms with van der Waals surface area (Å²) < 4.78 is 0. The van der Waals surface area contributed by atoms with Gasteiger partial charge in [0.25, 0.3) is 0 Å². The monoisotopic (exact) mass is 170 g/mol. The zero-order chi connectivity index (χ0) is 8.10. The number of nitrogen functional groups attached to an aromatic ring is 1. The first-order valence-corrected chi connectivity index (χ1v) is 4.22. The number of nitrogens with zero attached hydrogens (tertiary/aromatic N) is 2. The molecule has 4 nitrogen and oxygen atoms in total. The van der Waals surface area contributed by atoms with Gasteiger partial charge in [0.05, 0.1) is 0 Å². The molecule has 60 valence electrons. The molecular formula is C6H10N4S. The van der Waals surface area contributed by atoms with E-state index in [9.17, 15) is 0 Å². The Morgan fingerprint density at radius 1 is 1.36 bits per heavy atom. The molecule has 0 aliphatic rings. The highest BCUT2D eigenvalue weighted by Crippen LogP contribution is 2.18. The summed E-state index contributed by atoms with van der Waals surface area (Å²) in [7, 11) is 0. The summed E-state index contributed by atoms with van der Waals surface area (Å²) in [5.74, 6) is 1.30. The Balaban J connectivity index is 2.62. The summed E-state index contributed by atoms with van der Waals surface area (Å²) in [4.78, 5) is 7.92. The molecule has 1 aromatic rings. The van der Waals surface area contributed by atoms with Gasteiger partial charge in [-0.05, 0) is 0 Å². The van der Waals surface area contributed by atoms with Gasteiger partial charge in [-0.3, -0.25) is 0 Å². The van der Waals surface area contributed by atoms with E-state index in [0.717, 1.165) is 10.8 Å². The van der Waals surface area contributed by atoms with Gasteiger partial charge in [0.15, 0.2) is 5.82 Å². The van der Waals surface area contributed by atoms with Crippen molar-refractivity contribution in [3.63, 3.8) is 0 Å². The Morgan fingerprint density at radius 3 is 2.73 bits per heavy atom. The summed E-state index contributed by atoms with van der Waals surface area (Å²) in [6.07, 6.45) is 3.19. The van der Waals surface area contributed by atoms with Crippen LogP contribution in [0.25, 0.3) is 0 Å². The van der Waals surface area contributed by atoms with E-state index in [4.69, 9.17) is 11.5 Å². The number of aromatic nitrogens is 2. The second-order valence-electron chi connectivity index (χ2n) is 1.88. The van der Waals surface area contributed by atoms with Gasteiger partial charge in [0.1, 0.15) is 5.03 Å². The fourth-order valence-corrected chi connectivity index (χ4v) is 1.25. The van der Waals surface area contributed by atoms with Crippen LogP contribution in [-0.2, 0) is 0 Å². The lowest BCUT2D eigenvalue weighted by Gasteiger charge is -1.99. The fraction of sp³-hybridized carbons (Fsp3) is 0.333. The molecule has 4 N–H and O–H groups in total. The van der Waals surface area contributed by atoms with Crippen LogP contribution in [0.3, 0.4) is 0 Å². The van der Waals surface area contributed by atoms with Crippen LogP contribution in [0.4, 0.5) is 5.82 Å². The molecular weight excluding hydrogens is 160 g/mol. The van der Waals surface area contributed by atoms with Gasteiger partial charge >= 0.3 is 0 Å². The average Bonchev–Trinajstić information content (AvgIpc) is 2.03. The van der Waals surface area contributed by atoms with Crippen LogP contribution in [0.5, 0.6) is 0 Å². The molecule has 0 aliphatic heterocycles. The summed E-state index contributed by atoms with van der Waals surface area (Å²) in [6.45, 7) is 0.626. The maximum Gasteiger partial charge on any atom is 0.156 e. The van der Waals surface area contributed by atoms with Crippen LogP contribution >= 0.6 is 11.8 Å². The Labute approximate surface area is 69.4 Å². The van der Waals surface area contributed by atoms with Gasteiger partial charge < -0.3 is 11.5 Å². The second-order valence-corrected chi connectivity index (χ2v) is 2.97. The molecule has 0 aliphatic carbocycles. The zero-order valence-electron chi connectivity index (χ0n) is 6.03. The summed E-state index contributed by atoms with van der Waals surface area (Å²) >= 11 is 1.52. The number of thioether (sulfide) groups is 1. The Morgan fingerprint density at radius 2 is 2.09 bits per heavy atom. The van der Waals surface area contributed by atoms with Crippen LogP contribution in [0.1, 0.15) is 0 Å². The second kappa shape index (κ2) is 4.15. The maximum atomic E-state index is 5.53. The number of rotatable bonds is 3. The van der Waals surface area contributed by atoms with Gasteiger partial charge in [-0.2, -0.15) is 0 Å². The molecule has 1 aromatic heterocycles. The van der Waals surface area contributed by atoms with Crippen molar-refractivity contribution in [3.8, 4) is 0 Å². The lowest BCUT2D eigenvalue weighted by atomic mass is 10.7. The van der Waals surface area contributed by atoms with Crippen molar-refractivity contribution in [2.45, 2.75) is 5.03 Å². The molecule has 0 amide bonds. The summed E-state index contributed by atoms with van der Waals surface area (Å²) in [5.41, 5.74) is 10.8. The van der Waals surface area contributed by atoms with E-state index in [1.165, 1.54) is 11.8 Å². The molecule has 0 radical (unpaired) electrons. The summed E-state index contributed by atoms with van der Waals surface area (Å²) in [6, 6.07) is 0. The molecule has 1 heterocycles. The largest absolute Gasteiger partial charge is 0.381 e. The third-order valence-corrected chi connectivity index (χ3v) is 2.08. The molecule has 1 rings (SSSR count). The third kappa shape index (κ3) is 2.36. The Hall–Kier alpha value is -0.810. The van der Waals surface area contributed by atoms with Crippen molar-refractivity contribution < 1.29 is 0 Å². The fourth-order valence-electron chi connectivity index (χ4n) is 0.603. The quantitative estimate of drug-likeness (QED) is 0.629. The van der Waals surface area contributed by atoms with E-state index in [2.05, 4.69) is 9.97 Å². The standard InChI is InChI=1S/C6H10N4S/c7-1-4-11-6-5(8)9-2-3-10-6/h2-3H,1,4,7H2,(H2,8,9). The van der Waals surface area contributed by atoms with Crippen molar-refractivity contribution in [3.05, 3.63) is 12.4 Å². The van der Waals surface area contributed by atoms with Crippen LogP contribution in [0.15, 0.2) is 17.4 Å². The molecule has 0 unspecified atom stereocenters. The predicted octanol–water partition coefficient (Wildman–Crippen LogP) is 0.110. The highest BCUT2D eigenvalue weighted by molar-refractivity contribution is 7.99. The van der Waals surface area contributed by atoms with Crippen molar-refractivity contribution in [2.24, 2.45) is 5.73 Å². The third-order valence-electron chi connectivity index (χ3n) is 1.05. The van der Waals surface area contributed by atoms with Gasteiger partial charge in [0.2, 0.25) is 0 Å². The van der Waals surface area contributed by atoms with Gasteiger partial charge in [0, 0.05) is 24.7 Å². The minimum absolute atomic E-state index is 0.478. The van der Waals surface area contributed by atoms with Crippen LogP contribution in [-0.4, -0.2) is 22.3 Å². The minimum atomic E-state index is 0.478. The van der Waals surface area contributed by atoms with Crippen molar-refractivity contribution in [1.82, 2.24) is 9.97 Å². The van der Waals surface area contributed by atoms with E-state index in [1.54, 1.807) is 12.4 Å². The number of hydrogen-bond donors (Lipinski definition) is 2. The molecule has 11 heavy (non-hydrogen) atoms. The topological polar surface area (TPSA) is 77.8 Å². The SMILES string of the molecule is NCCSc1nccnc1N. The smallest absolute Gasteiger partial charge is 0.156 e. The molecule has 0 saturated carbocycles. The van der Waals surface area contributed by atoms with Crippen molar-refractivity contribution in [2.75, 3.05) is 18.0 Å². The molecule has 0 spiro atoms. The van der Waals surface area contributed by atoms with E-state index in [-0.39, 0.29) is 0 Å². The first kappa shape index (κ1) is 8.29. The zero-order valence-corrected chi connectivity index (χ0v) is 6.84. The van der Waals surface area contributed by atoms with E-state index >= 15 is 0 Å². The van der Waals surface area contributed by atoms with E-state index < -0.39 is 0 Å². The number of hydrogen-bond acceptors (Lipinski definition) is 5. The van der Waals surface area contributed by atoms with Crippen LogP contribution in [0.2, 0.25) is 0 Å². The molecule has 0 saturated heterocycles. The van der Waals surface area contributed by atoms with Gasteiger partial charge in [-0.1, -0.05) is 0 Å². The van der Waals surface area contributed by atoms with Crippen molar-refractivity contribution >= 4 is 17.6 Å². The molecule has 5 heteroatoms. The van der Waals surface area contributed by atoms with Crippen LogP contribution < -0.4 is 11.5 Å². The lowest BCUT2D eigenvalue weighted by Crippen LogP contribution is -2.02. The van der Waals surface area contributed by atoms with Gasteiger partial charge in [-0.25, -0.2) is 9.97 Å². The minimum Gasteiger partial charge on any atom is -0.381 e. The number of nitrogens with two attached hydrogens (primary N) is 2. The lowest BCUT2D eigenvalue weighted by molar-refractivity contribution is 1.06. The molecule has 0 aromatic carbocycles. The predicted molar refractivity (Wildman–Crippen MR) is 46.2 cm³/mol. The van der Waals surface area contributed by atoms with Gasteiger partial charge in [-0.15, -0.1) is 11.8 Å². The Bertz CT molecular complexity index is 228. The van der Waals surface area contributed by atoms with E-state index in [0.29, 0.717) is 12.4 Å². The average molecular weight is 170 g/mol.